The van der Waals surface area contributed by atoms with E-state index in [1.54, 1.807) is 0 Å². The van der Waals surface area contributed by atoms with E-state index in [1.165, 1.54) is 0 Å². The Balaban J connectivity index is 0. The summed E-state index contributed by atoms with van der Waals surface area (Å²) in [7, 11) is 0. The van der Waals surface area contributed by atoms with Crippen LogP contribution in [0.5, 0.6) is 0 Å². The van der Waals surface area contributed by atoms with Crippen molar-refractivity contribution >= 4 is 0 Å². The van der Waals surface area contributed by atoms with Crippen LogP contribution in [0.15, 0.2) is 30.3 Å². The molecule has 0 amide bonds. The Hall–Kier alpha value is -0.000649. The van der Waals surface area contributed by atoms with Gasteiger partial charge in [-0.1, -0.05) is 0 Å². The van der Waals surface area contributed by atoms with Gasteiger partial charge in [-0.2, -0.15) is 18.2 Å². The fourth-order valence-corrected chi connectivity index (χ4v) is 0.321. The molecule has 1 rings (SSSR count). The van der Waals surface area contributed by atoms with E-state index in [-0.39, 0.29) is 27.5 Å². The van der Waals surface area contributed by atoms with E-state index in [1.807, 2.05) is 30.3 Å². The van der Waals surface area contributed by atoms with E-state index in [0.29, 0.717) is 0 Å². The van der Waals surface area contributed by atoms with Gasteiger partial charge in [-0.15, -0.1) is 0 Å². The summed E-state index contributed by atoms with van der Waals surface area (Å²) < 4.78 is 0. The fraction of sp³-hybridized carbons (Fsp3) is 0. The molecular formula is C6H8Ir-2. The van der Waals surface area contributed by atoms with Gasteiger partial charge in [-0.05, 0) is 0 Å². The molecule has 0 bridgehead atoms. The molecule has 0 atom stereocenters. The summed E-state index contributed by atoms with van der Waals surface area (Å²) >= 11 is 0. The van der Waals surface area contributed by atoms with Crippen LogP contribution in [0, 0.1) is 7.43 Å². The minimum absolute atomic E-state index is 0. The molecular weight excluding hydrogens is 264 g/mol. The summed E-state index contributed by atoms with van der Waals surface area (Å²) in [6, 6.07) is 10.0. The van der Waals surface area contributed by atoms with Gasteiger partial charge < -0.3 is 7.43 Å². The van der Waals surface area contributed by atoms with Crippen molar-refractivity contribution in [1.29, 1.82) is 0 Å². The van der Waals surface area contributed by atoms with E-state index in [2.05, 4.69) is 0 Å². The Morgan fingerprint density at radius 2 is 1.43 bits per heavy atom. The molecule has 1 aromatic rings. The zero-order chi connectivity index (χ0) is 3.54. The van der Waals surface area contributed by atoms with Crippen molar-refractivity contribution in [2.75, 3.05) is 0 Å². The molecule has 0 aliphatic rings. The van der Waals surface area contributed by atoms with E-state index < -0.39 is 0 Å². The average molecular weight is 272 g/mol. The summed E-state index contributed by atoms with van der Waals surface area (Å²) in [6.45, 7) is 0. The van der Waals surface area contributed by atoms with Crippen LogP contribution < -0.4 is 0 Å². The Morgan fingerprint density at radius 3 is 1.57 bits per heavy atom. The SMILES string of the molecule is [CH3-].[Ir].c1cc[cH-]c1. The monoisotopic (exact) mass is 273 g/mol. The summed E-state index contributed by atoms with van der Waals surface area (Å²) in [4.78, 5) is 0. The molecule has 0 saturated carbocycles. The number of rotatable bonds is 0. The molecule has 0 aliphatic heterocycles. The Kier molecular flexibility index (Phi) is 8.64. The smallest absolute Gasteiger partial charge is 0 e. The molecule has 43 valence electrons. The third-order valence-electron chi connectivity index (χ3n) is 0.556. The maximum absolute atomic E-state index is 2.00. The Labute approximate surface area is 58.3 Å². The second-order valence-electron chi connectivity index (χ2n) is 0.962. The second kappa shape index (κ2) is 6.00. The van der Waals surface area contributed by atoms with Gasteiger partial charge in [0.2, 0.25) is 0 Å². The van der Waals surface area contributed by atoms with Gasteiger partial charge in [0.05, 0.1) is 0 Å². The first-order valence-electron chi connectivity index (χ1n) is 1.67. The quantitative estimate of drug-likeness (QED) is 0.632. The van der Waals surface area contributed by atoms with Crippen LogP contribution in [0.2, 0.25) is 0 Å². The first-order chi connectivity index (χ1) is 2.50. The molecule has 1 radical (unpaired) electrons. The first-order valence-corrected chi connectivity index (χ1v) is 1.67. The van der Waals surface area contributed by atoms with Crippen LogP contribution in [0.25, 0.3) is 0 Å². The van der Waals surface area contributed by atoms with Crippen molar-refractivity contribution in [2.45, 2.75) is 0 Å². The summed E-state index contributed by atoms with van der Waals surface area (Å²) in [5, 5.41) is 0. The number of hydrogen-bond acceptors (Lipinski definition) is 0. The third-order valence-corrected chi connectivity index (χ3v) is 0.556. The van der Waals surface area contributed by atoms with Crippen LogP contribution in [-0.2, 0) is 20.1 Å². The van der Waals surface area contributed by atoms with Crippen molar-refractivity contribution < 1.29 is 20.1 Å². The largest absolute Gasteiger partial charge is 0.358 e. The Morgan fingerprint density at radius 1 is 1.00 bits per heavy atom. The van der Waals surface area contributed by atoms with E-state index in [9.17, 15) is 0 Å². The molecule has 0 aliphatic carbocycles. The minimum atomic E-state index is 0. The molecule has 0 heterocycles. The maximum Gasteiger partial charge on any atom is 0 e. The molecule has 0 fully saturated rings. The van der Waals surface area contributed by atoms with Gasteiger partial charge in [0.25, 0.3) is 0 Å². The van der Waals surface area contributed by atoms with E-state index in [0.717, 1.165) is 0 Å². The van der Waals surface area contributed by atoms with Crippen molar-refractivity contribution in [3.05, 3.63) is 37.8 Å². The summed E-state index contributed by atoms with van der Waals surface area (Å²) in [5.74, 6) is 0. The van der Waals surface area contributed by atoms with Crippen molar-refractivity contribution in [1.82, 2.24) is 0 Å². The number of hydrogen-bond donors (Lipinski definition) is 0. The summed E-state index contributed by atoms with van der Waals surface area (Å²) in [6.07, 6.45) is 0. The molecule has 7 heavy (non-hydrogen) atoms. The van der Waals surface area contributed by atoms with Crippen molar-refractivity contribution in [2.24, 2.45) is 0 Å². The molecule has 0 unspecified atom stereocenters. The predicted molar refractivity (Wildman–Crippen MR) is 28.4 cm³/mol. The molecule has 0 spiro atoms. The van der Waals surface area contributed by atoms with Gasteiger partial charge in [0, 0.05) is 20.1 Å². The zero-order valence-electron chi connectivity index (χ0n) is 4.22. The van der Waals surface area contributed by atoms with Crippen molar-refractivity contribution in [3.63, 3.8) is 0 Å². The van der Waals surface area contributed by atoms with Gasteiger partial charge >= 0.3 is 0 Å². The van der Waals surface area contributed by atoms with Gasteiger partial charge in [0.15, 0.2) is 0 Å². The third kappa shape index (κ3) is 3.84. The first kappa shape index (κ1) is 10.1. The Bertz CT molecular complexity index is 60.7. The van der Waals surface area contributed by atoms with Crippen molar-refractivity contribution in [3.8, 4) is 0 Å². The molecule has 0 nitrogen and oxygen atoms in total. The molecule has 0 aromatic heterocycles. The van der Waals surface area contributed by atoms with E-state index in [4.69, 9.17) is 0 Å². The predicted octanol–water partition coefficient (Wildman–Crippen LogP) is 1.85. The second-order valence-corrected chi connectivity index (χ2v) is 0.962. The summed E-state index contributed by atoms with van der Waals surface area (Å²) in [5.41, 5.74) is 0. The van der Waals surface area contributed by atoms with Crippen LogP contribution in [0.1, 0.15) is 0 Å². The normalized spacial score (nSPS) is 5.71. The molecule has 0 N–H and O–H groups in total. The molecule has 0 saturated heterocycles. The topological polar surface area (TPSA) is 0 Å². The van der Waals surface area contributed by atoms with Crippen LogP contribution in [0.4, 0.5) is 0 Å². The zero-order valence-corrected chi connectivity index (χ0v) is 6.62. The van der Waals surface area contributed by atoms with Crippen LogP contribution >= 0.6 is 0 Å². The van der Waals surface area contributed by atoms with Gasteiger partial charge in [0.1, 0.15) is 0 Å². The molecule has 1 heteroatoms. The fourth-order valence-electron chi connectivity index (χ4n) is 0.321. The van der Waals surface area contributed by atoms with Crippen LogP contribution in [0.3, 0.4) is 0 Å². The van der Waals surface area contributed by atoms with Gasteiger partial charge in [-0.3, -0.25) is 0 Å². The molecule has 1 aromatic carbocycles. The average Bonchev–Trinajstić information content (AvgIpc) is 1.76. The van der Waals surface area contributed by atoms with E-state index >= 15 is 0 Å². The minimum Gasteiger partial charge on any atom is -0.358 e. The van der Waals surface area contributed by atoms with Crippen LogP contribution in [-0.4, -0.2) is 0 Å². The maximum atomic E-state index is 2.00. The standard InChI is InChI=1S/C5H5.CH3.Ir/c1-2-4-5-3-1;;/h1-5H;1H3;/q2*-1;. The van der Waals surface area contributed by atoms with Gasteiger partial charge in [-0.25, -0.2) is 12.1 Å².